The predicted molar refractivity (Wildman–Crippen MR) is 71.0 cm³/mol. The second-order valence-corrected chi connectivity index (χ2v) is 4.17. The van der Waals surface area contributed by atoms with Crippen molar-refractivity contribution in [2.75, 3.05) is 0 Å². The Hall–Kier alpha value is -2.96. The van der Waals surface area contributed by atoms with E-state index in [-0.39, 0.29) is 6.61 Å². The number of primary amides is 1. The number of fused-ring (bicyclic) bond motifs is 1. The second-order valence-electron chi connectivity index (χ2n) is 4.17. The fourth-order valence-electron chi connectivity index (χ4n) is 1.96. The van der Waals surface area contributed by atoms with Gasteiger partial charge in [0, 0.05) is 5.56 Å². The Bertz CT molecular complexity index is 755. The van der Waals surface area contributed by atoms with Crippen LogP contribution < -0.4 is 10.5 Å². The molecule has 2 aromatic carbocycles. The molecule has 0 aliphatic heterocycles. The fraction of sp³-hybridized carbons (Fsp3) is 0.0769. The van der Waals surface area contributed by atoms with Crippen molar-refractivity contribution in [1.82, 2.24) is 20.6 Å². The smallest absolute Gasteiger partial charge is 0.249 e. The molecular weight excluding hydrogens is 258 g/mol. The van der Waals surface area contributed by atoms with Crippen molar-refractivity contribution in [3.8, 4) is 5.75 Å². The average molecular weight is 269 g/mol. The lowest BCUT2D eigenvalue weighted by atomic mass is 10.0. The number of aromatic nitrogens is 4. The lowest BCUT2D eigenvalue weighted by Gasteiger charge is -2.07. The monoisotopic (exact) mass is 269 g/mol. The molecule has 3 rings (SSSR count). The summed E-state index contributed by atoms with van der Waals surface area (Å²) in [6.07, 6.45) is 0. The summed E-state index contributed by atoms with van der Waals surface area (Å²) in [5.41, 5.74) is 5.84. The van der Waals surface area contributed by atoms with Gasteiger partial charge in [0.25, 0.3) is 0 Å². The minimum Gasteiger partial charge on any atom is -0.485 e. The first-order valence-electron chi connectivity index (χ1n) is 5.92. The van der Waals surface area contributed by atoms with Crippen LogP contribution in [0.2, 0.25) is 0 Å². The summed E-state index contributed by atoms with van der Waals surface area (Å²) in [6.45, 7) is 0.220. The van der Waals surface area contributed by atoms with Crippen LogP contribution in [-0.4, -0.2) is 26.5 Å². The van der Waals surface area contributed by atoms with Gasteiger partial charge in [0.1, 0.15) is 5.75 Å². The van der Waals surface area contributed by atoms with Crippen molar-refractivity contribution >= 4 is 16.7 Å². The van der Waals surface area contributed by atoms with Gasteiger partial charge in [-0.1, -0.05) is 17.3 Å². The SMILES string of the molecule is NC(=O)c1cccc2cc(OCc3nn[nH]n3)ccc12. The summed E-state index contributed by atoms with van der Waals surface area (Å²) in [5, 5.41) is 15.1. The summed E-state index contributed by atoms with van der Waals surface area (Å²) >= 11 is 0. The quantitative estimate of drug-likeness (QED) is 0.735. The highest BCUT2D eigenvalue weighted by molar-refractivity contribution is 6.06. The van der Waals surface area contributed by atoms with E-state index in [0.717, 1.165) is 10.8 Å². The van der Waals surface area contributed by atoms with Gasteiger partial charge in [0.2, 0.25) is 11.7 Å². The van der Waals surface area contributed by atoms with E-state index in [9.17, 15) is 4.79 Å². The molecule has 0 fully saturated rings. The highest BCUT2D eigenvalue weighted by atomic mass is 16.5. The first-order valence-corrected chi connectivity index (χ1v) is 5.92. The fourth-order valence-corrected chi connectivity index (χ4v) is 1.96. The Kier molecular flexibility index (Phi) is 3.00. The molecule has 20 heavy (non-hydrogen) atoms. The highest BCUT2D eigenvalue weighted by Gasteiger charge is 2.07. The molecule has 7 heteroatoms. The van der Waals surface area contributed by atoms with E-state index in [1.165, 1.54) is 0 Å². The maximum Gasteiger partial charge on any atom is 0.249 e. The number of H-pyrrole nitrogens is 1. The number of hydrogen-bond donors (Lipinski definition) is 2. The third kappa shape index (κ3) is 2.28. The van der Waals surface area contributed by atoms with Gasteiger partial charge < -0.3 is 10.5 Å². The number of tetrazole rings is 1. The number of nitrogens with one attached hydrogen (secondary N) is 1. The van der Waals surface area contributed by atoms with Crippen molar-refractivity contribution in [1.29, 1.82) is 0 Å². The molecule has 0 radical (unpaired) electrons. The summed E-state index contributed by atoms with van der Waals surface area (Å²) in [7, 11) is 0. The molecule has 1 aromatic heterocycles. The molecule has 0 aliphatic carbocycles. The third-order valence-electron chi connectivity index (χ3n) is 2.87. The van der Waals surface area contributed by atoms with Gasteiger partial charge in [0.05, 0.1) is 0 Å². The van der Waals surface area contributed by atoms with Crippen LogP contribution >= 0.6 is 0 Å². The number of carbonyl (C=O) groups excluding carboxylic acids is 1. The molecule has 0 saturated carbocycles. The topological polar surface area (TPSA) is 107 Å². The van der Waals surface area contributed by atoms with Gasteiger partial charge >= 0.3 is 0 Å². The van der Waals surface area contributed by atoms with Crippen molar-refractivity contribution in [3.63, 3.8) is 0 Å². The van der Waals surface area contributed by atoms with E-state index in [1.807, 2.05) is 12.1 Å². The van der Waals surface area contributed by atoms with Gasteiger partial charge in [0.15, 0.2) is 6.61 Å². The molecule has 0 aliphatic rings. The van der Waals surface area contributed by atoms with Gasteiger partial charge in [-0.05, 0) is 35.0 Å². The Morgan fingerprint density at radius 1 is 1.30 bits per heavy atom. The maximum absolute atomic E-state index is 11.3. The van der Waals surface area contributed by atoms with Crippen LogP contribution in [0.4, 0.5) is 0 Å². The minimum absolute atomic E-state index is 0.220. The first-order chi connectivity index (χ1) is 9.74. The number of amides is 1. The summed E-state index contributed by atoms with van der Waals surface area (Å²) < 4.78 is 5.56. The maximum atomic E-state index is 11.3. The van der Waals surface area contributed by atoms with Crippen LogP contribution in [0.3, 0.4) is 0 Å². The van der Waals surface area contributed by atoms with Crippen molar-refractivity contribution in [2.24, 2.45) is 5.73 Å². The Balaban J connectivity index is 1.89. The molecule has 0 spiro atoms. The molecule has 0 atom stereocenters. The van der Waals surface area contributed by atoms with Gasteiger partial charge in [-0.15, -0.1) is 10.2 Å². The van der Waals surface area contributed by atoms with E-state index in [2.05, 4.69) is 20.6 Å². The third-order valence-corrected chi connectivity index (χ3v) is 2.87. The zero-order valence-electron chi connectivity index (χ0n) is 10.4. The second kappa shape index (κ2) is 4.96. The zero-order valence-corrected chi connectivity index (χ0v) is 10.4. The van der Waals surface area contributed by atoms with Crippen LogP contribution in [0.25, 0.3) is 10.8 Å². The number of nitrogens with zero attached hydrogens (tertiary/aromatic N) is 3. The van der Waals surface area contributed by atoms with Crippen molar-refractivity contribution in [3.05, 3.63) is 47.8 Å². The van der Waals surface area contributed by atoms with Crippen LogP contribution in [0.1, 0.15) is 16.2 Å². The number of aromatic amines is 1. The Labute approximate surface area is 113 Å². The van der Waals surface area contributed by atoms with E-state index in [1.54, 1.807) is 24.3 Å². The molecule has 0 saturated heterocycles. The van der Waals surface area contributed by atoms with Crippen LogP contribution in [0.15, 0.2) is 36.4 Å². The molecular formula is C13H11N5O2. The van der Waals surface area contributed by atoms with Crippen LogP contribution in [0.5, 0.6) is 5.75 Å². The first kappa shape index (κ1) is 12.1. The number of hydrogen-bond acceptors (Lipinski definition) is 5. The van der Waals surface area contributed by atoms with Crippen LogP contribution in [0, 0.1) is 0 Å². The van der Waals surface area contributed by atoms with E-state index in [0.29, 0.717) is 17.1 Å². The lowest BCUT2D eigenvalue weighted by molar-refractivity contribution is 0.100. The largest absolute Gasteiger partial charge is 0.485 e. The molecule has 1 heterocycles. The lowest BCUT2D eigenvalue weighted by Crippen LogP contribution is -2.11. The average Bonchev–Trinajstić information content (AvgIpc) is 2.97. The minimum atomic E-state index is -0.448. The predicted octanol–water partition coefficient (Wildman–Crippen LogP) is 1.03. The number of rotatable bonds is 4. The zero-order chi connectivity index (χ0) is 13.9. The molecule has 0 bridgehead atoms. The Morgan fingerprint density at radius 2 is 2.20 bits per heavy atom. The van der Waals surface area contributed by atoms with Gasteiger partial charge in [-0.25, -0.2) is 0 Å². The summed E-state index contributed by atoms with van der Waals surface area (Å²) in [5.74, 6) is 0.677. The number of carbonyl (C=O) groups is 1. The van der Waals surface area contributed by atoms with E-state index >= 15 is 0 Å². The normalized spacial score (nSPS) is 10.6. The summed E-state index contributed by atoms with van der Waals surface area (Å²) in [6, 6.07) is 10.8. The Morgan fingerprint density at radius 3 is 2.95 bits per heavy atom. The molecule has 3 aromatic rings. The van der Waals surface area contributed by atoms with E-state index in [4.69, 9.17) is 10.5 Å². The van der Waals surface area contributed by atoms with Gasteiger partial charge in [-0.2, -0.15) is 5.21 Å². The van der Waals surface area contributed by atoms with Crippen LogP contribution in [-0.2, 0) is 6.61 Å². The summed E-state index contributed by atoms with van der Waals surface area (Å²) in [4.78, 5) is 11.3. The van der Waals surface area contributed by atoms with Gasteiger partial charge in [-0.3, -0.25) is 4.79 Å². The van der Waals surface area contributed by atoms with Crippen molar-refractivity contribution < 1.29 is 9.53 Å². The van der Waals surface area contributed by atoms with E-state index < -0.39 is 5.91 Å². The number of nitrogens with two attached hydrogens (primary N) is 1. The molecule has 3 N–H and O–H groups in total. The number of benzene rings is 2. The van der Waals surface area contributed by atoms with Crippen molar-refractivity contribution in [2.45, 2.75) is 6.61 Å². The number of ether oxygens (including phenoxy) is 1. The molecule has 100 valence electrons. The highest BCUT2D eigenvalue weighted by Crippen LogP contribution is 2.24. The molecule has 7 nitrogen and oxygen atoms in total. The molecule has 1 amide bonds. The standard InChI is InChI=1S/C13H11N5O2/c14-13(19)11-3-1-2-8-6-9(4-5-10(8)11)20-7-12-15-17-18-16-12/h1-6H,7H2,(H2,14,19)(H,15,16,17,18). The molecule has 0 unspecified atom stereocenters.